The maximum Gasteiger partial charge on any atom is 0.208 e. The van der Waals surface area contributed by atoms with Crippen molar-refractivity contribution in [2.75, 3.05) is 7.11 Å². The number of ether oxygens (including phenoxy) is 1. The predicted octanol–water partition coefficient (Wildman–Crippen LogP) is 2.74. The molecular formula is C14H15FN2O2. The molecule has 1 aromatic heterocycles. The Morgan fingerprint density at radius 2 is 2.32 bits per heavy atom. The first-order valence-corrected chi connectivity index (χ1v) is 6.28. The quantitative estimate of drug-likeness (QED) is 0.900. The van der Waals surface area contributed by atoms with E-state index >= 15 is 0 Å². The average Bonchev–Trinajstić information content (AvgIpc) is 3.13. The second-order valence-electron chi connectivity index (χ2n) is 4.62. The lowest BCUT2D eigenvalue weighted by molar-refractivity contribution is 0.386. The van der Waals surface area contributed by atoms with Crippen LogP contribution in [0.4, 0.5) is 4.39 Å². The molecule has 0 saturated heterocycles. The molecule has 0 aliphatic heterocycles. The van der Waals surface area contributed by atoms with Crippen LogP contribution in [-0.2, 0) is 6.54 Å². The second-order valence-corrected chi connectivity index (χ2v) is 4.62. The maximum absolute atomic E-state index is 13.6. The second kappa shape index (κ2) is 5.01. The summed E-state index contributed by atoms with van der Waals surface area (Å²) in [4.78, 5) is 4.18. The van der Waals surface area contributed by atoms with Crippen LogP contribution in [0.3, 0.4) is 0 Å². The van der Waals surface area contributed by atoms with Crippen LogP contribution < -0.4 is 10.1 Å². The van der Waals surface area contributed by atoms with Gasteiger partial charge in [-0.1, -0.05) is 0 Å². The summed E-state index contributed by atoms with van der Waals surface area (Å²) in [5, 5.41) is 3.32. The summed E-state index contributed by atoms with van der Waals surface area (Å²) >= 11 is 0. The van der Waals surface area contributed by atoms with Crippen LogP contribution in [0.15, 0.2) is 28.8 Å². The fraction of sp³-hybridized carbons (Fsp3) is 0.357. The molecule has 4 nitrogen and oxygen atoms in total. The van der Waals surface area contributed by atoms with Gasteiger partial charge in [0.1, 0.15) is 0 Å². The topological polar surface area (TPSA) is 47.3 Å². The summed E-state index contributed by atoms with van der Waals surface area (Å²) in [6.45, 7) is 0.614. The summed E-state index contributed by atoms with van der Waals surface area (Å²) in [6, 6.07) is 5.32. The molecule has 1 fully saturated rings. The molecule has 3 rings (SSSR count). The molecule has 0 bridgehead atoms. The SMILES string of the molecule is COc1ccc(-c2cnc(CNC3CC3)o2)cc1F. The molecule has 0 spiro atoms. The highest BCUT2D eigenvalue weighted by atomic mass is 19.1. The summed E-state index contributed by atoms with van der Waals surface area (Å²) < 4.78 is 24.1. The number of hydrogen-bond acceptors (Lipinski definition) is 4. The van der Waals surface area contributed by atoms with Gasteiger partial charge in [-0.15, -0.1) is 0 Å². The standard InChI is InChI=1S/C14H15FN2O2/c1-18-12-5-2-9(6-11(12)15)13-7-17-14(19-13)8-16-10-3-4-10/h2,5-7,10,16H,3-4,8H2,1H3. The fourth-order valence-electron chi connectivity index (χ4n) is 1.86. The molecule has 0 atom stereocenters. The molecule has 5 heteroatoms. The van der Waals surface area contributed by atoms with E-state index < -0.39 is 5.82 Å². The molecule has 2 aromatic rings. The Bertz CT molecular complexity index is 579. The summed E-state index contributed by atoms with van der Waals surface area (Å²) in [5.41, 5.74) is 0.656. The number of aromatic nitrogens is 1. The molecule has 1 saturated carbocycles. The minimum absolute atomic E-state index is 0.221. The first-order chi connectivity index (χ1) is 9.26. The van der Waals surface area contributed by atoms with Crippen LogP contribution in [0, 0.1) is 5.82 Å². The van der Waals surface area contributed by atoms with Gasteiger partial charge in [-0.3, -0.25) is 0 Å². The Labute approximate surface area is 110 Å². The van der Waals surface area contributed by atoms with Crippen LogP contribution >= 0.6 is 0 Å². The molecule has 100 valence electrons. The minimum atomic E-state index is -0.408. The van der Waals surface area contributed by atoms with Crippen molar-refractivity contribution in [2.45, 2.75) is 25.4 Å². The van der Waals surface area contributed by atoms with Crippen molar-refractivity contribution in [3.05, 3.63) is 36.1 Å². The fourth-order valence-corrected chi connectivity index (χ4v) is 1.86. The normalized spacial score (nSPS) is 14.6. The highest BCUT2D eigenvalue weighted by Gasteiger charge is 2.21. The third kappa shape index (κ3) is 2.76. The van der Waals surface area contributed by atoms with E-state index in [-0.39, 0.29) is 5.75 Å². The Morgan fingerprint density at radius 1 is 1.47 bits per heavy atom. The minimum Gasteiger partial charge on any atom is -0.494 e. The van der Waals surface area contributed by atoms with Crippen LogP contribution in [-0.4, -0.2) is 18.1 Å². The van der Waals surface area contributed by atoms with Crippen molar-refractivity contribution in [1.29, 1.82) is 0 Å². The van der Waals surface area contributed by atoms with Gasteiger partial charge in [-0.05, 0) is 31.0 Å². The van der Waals surface area contributed by atoms with Crippen molar-refractivity contribution in [3.8, 4) is 17.1 Å². The highest BCUT2D eigenvalue weighted by molar-refractivity contribution is 5.57. The summed E-state index contributed by atoms with van der Waals surface area (Å²) in [6.07, 6.45) is 4.06. The smallest absolute Gasteiger partial charge is 0.208 e. The third-order valence-corrected chi connectivity index (χ3v) is 3.11. The van der Waals surface area contributed by atoms with Gasteiger partial charge < -0.3 is 14.5 Å². The van der Waals surface area contributed by atoms with Gasteiger partial charge in [0, 0.05) is 11.6 Å². The number of nitrogens with one attached hydrogen (secondary N) is 1. The maximum atomic E-state index is 13.6. The van der Waals surface area contributed by atoms with E-state index in [0.717, 1.165) is 0 Å². The largest absolute Gasteiger partial charge is 0.494 e. The molecule has 1 aliphatic carbocycles. The van der Waals surface area contributed by atoms with E-state index in [2.05, 4.69) is 10.3 Å². The Morgan fingerprint density at radius 3 is 3.00 bits per heavy atom. The zero-order chi connectivity index (χ0) is 13.2. The number of methoxy groups -OCH3 is 1. The van der Waals surface area contributed by atoms with Gasteiger partial charge in [-0.2, -0.15) is 0 Å². The Hall–Kier alpha value is -1.88. The van der Waals surface area contributed by atoms with Gasteiger partial charge in [0.05, 0.1) is 19.9 Å². The lowest BCUT2D eigenvalue weighted by atomic mass is 10.2. The van der Waals surface area contributed by atoms with Crippen molar-refractivity contribution in [2.24, 2.45) is 0 Å². The lowest BCUT2D eigenvalue weighted by Crippen LogP contribution is -2.15. The van der Waals surface area contributed by atoms with Gasteiger partial charge in [0.15, 0.2) is 17.3 Å². The number of oxazole rings is 1. The predicted molar refractivity (Wildman–Crippen MR) is 68.3 cm³/mol. The molecule has 1 aliphatic rings. The number of halogens is 1. The number of benzene rings is 1. The van der Waals surface area contributed by atoms with Gasteiger partial charge in [0.25, 0.3) is 0 Å². The number of hydrogen-bond donors (Lipinski definition) is 1. The van der Waals surface area contributed by atoms with Crippen molar-refractivity contribution < 1.29 is 13.5 Å². The number of nitrogens with zero attached hydrogens (tertiary/aromatic N) is 1. The Kier molecular flexibility index (Phi) is 3.21. The van der Waals surface area contributed by atoms with Crippen LogP contribution in [0.2, 0.25) is 0 Å². The van der Waals surface area contributed by atoms with E-state index in [1.165, 1.54) is 26.0 Å². The lowest BCUT2D eigenvalue weighted by Gasteiger charge is -2.02. The molecule has 1 aromatic carbocycles. The van der Waals surface area contributed by atoms with Crippen LogP contribution in [0.1, 0.15) is 18.7 Å². The zero-order valence-corrected chi connectivity index (χ0v) is 10.6. The number of rotatable bonds is 5. The average molecular weight is 262 g/mol. The molecule has 0 radical (unpaired) electrons. The molecule has 0 amide bonds. The van der Waals surface area contributed by atoms with Crippen molar-refractivity contribution in [1.82, 2.24) is 10.3 Å². The van der Waals surface area contributed by atoms with Gasteiger partial charge in [0.2, 0.25) is 5.89 Å². The van der Waals surface area contributed by atoms with Gasteiger partial charge in [-0.25, -0.2) is 9.37 Å². The van der Waals surface area contributed by atoms with Crippen LogP contribution in [0.25, 0.3) is 11.3 Å². The van der Waals surface area contributed by atoms with E-state index in [0.29, 0.717) is 29.8 Å². The summed E-state index contributed by atoms with van der Waals surface area (Å²) in [7, 11) is 1.44. The first kappa shape index (κ1) is 12.2. The zero-order valence-electron chi connectivity index (χ0n) is 10.6. The molecule has 1 N–H and O–H groups in total. The van der Waals surface area contributed by atoms with E-state index in [1.807, 2.05) is 0 Å². The molecule has 0 unspecified atom stereocenters. The third-order valence-electron chi connectivity index (χ3n) is 3.11. The highest BCUT2D eigenvalue weighted by Crippen LogP contribution is 2.26. The van der Waals surface area contributed by atoms with E-state index in [9.17, 15) is 4.39 Å². The van der Waals surface area contributed by atoms with Crippen LogP contribution in [0.5, 0.6) is 5.75 Å². The summed E-state index contributed by atoms with van der Waals surface area (Å²) in [5.74, 6) is 1.00. The van der Waals surface area contributed by atoms with E-state index in [1.54, 1.807) is 18.3 Å². The van der Waals surface area contributed by atoms with Crippen molar-refractivity contribution in [3.63, 3.8) is 0 Å². The monoisotopic (exact) mass is 262 g/mol. The molecule has 1 heterocycles. The Balaban J connectivity index is 1.75. The van der Waals surface area contributed by atoms with Gasteiger partial charge >= 0.3 is 0 Å². The van der Waals surface area contributed by atoms with E-state index in [4.69, 9.17) is 9.15 Å². The molecular weight excluding hydrogens is 247 g/mol. The molecule has 19 heavy (non-hydrogen) atoms. The van der Waals surface area contributed by atoms with Crippen molar-refractivity contribution >= 4 is 0 Å². The first-order valence-electron chi connectivity index (χ1n) is 6.28.